The second-order valence-electron chi connectivity index (χ2n) is 9.64. The Labute approximate surface area is 217 Å². The molecule has 2 aromatic carbocycles. The first-order valence-corrected chi connectivity index (χ1v) is 12.1. The van der Waals surface area contributed by atoms with E-state index in [2.05, 4.69) is 20.3 Å². The molecule has 0 radical (unpaired) electrons. The molecule has 4 rings (SSSR count). The zero-order valence-electron chi connectivity index (χ0n) is 20.5. The van der Waals surface area contributed by atoms with Crippen molar-refractivity contribution in [2.45, 2.75) is 46.3 Å². The smallest absolute Gasteiger partial charge is 0.402 e. The highest BCUT2D eigenvalue weighted by atomic mass is 35.5. The maximum absolute atomic E-state index is 13.2. The third kappa shape index (κ3) is 6.12. The van der Waals surface area contributed by atoms with E-state index in [-0.39, 0.29) is 23.2 Å². The molecule has 0 atom stereocenters. The summed E-state index contributed by atoms with van der Waals surface area (Å²) in [5.74, 6) is 0.508. The van der Waals surface area contributed by atoms with Gasteiger partial charge in [0.2, 0.25) is 5.91 Å². The van der Waals surface area contributed by atoms with Gasteiger partial charge >= 0.3 is 12.2 Å². The van der Waals surface area contributed by atoms with Crippen molar-refractivity contribution in [3.63, 3.8) is 0 Å². The number of ether oxygens (including phenoxy) is 1. The molecule has 0 aliphatic heterocycles. The number of nitrogens with zero attached hydrogens (tertiary/aromatic N) is 3. The van der Waals surface area contributed by atoms with Crippen LogP contribution in [0.15, 0.2) is 36.4 Å². The number of nitrogens with one attached hydrogen (secondary N) is 1. The van der Waals surface area contributed by atoms with Gasteiger partial charge in [-0.15, -0.1) is 0 Å². The number of amides is 1. The third-order valence-corrected chi connectivity index (χ3v) is 6.56. The highest BCUT2D eigenvalue weighted by Gasteiger charge is 2.52. The Hall–Kier alpha value is -3.40. The molecular weight excluding hydrogens is 509 g/mol. The fourth-order valence-corrected chi connectivity index (χ4v) is 3.64. The van der Waals surface area contributed by atoms with Crippen LogP contribution in [-0.4, -0.2) is 38.7 Å². The maximum atomic E-state index is 13.2. The predicted octanol–water partition coefficient (Wildman–Crippen LogP) is 5.87. The average molecular weight is 535 g/mol. The van der Waals surface area contributed by atoms with Gasteiger partial charge in [0.15, 0.2) is 11.6 Å². The van der Waals surface area contributed by atoms with Gasteiger partial charge in [-0.1, -0.05) is 17.7 Å². The van der Waals surface area contributed by atoms with E-state index >= 15 is 0 Å². The minimum atomic E-state index is -4.69. The summed E-state index contributed by atoms with van der Waals surface area (Å²) >= 11 is 6.35. The van der Waals surface area contributed by atoms with Crippen molar-refractivity contribution < 1.29 is 27.8 Å². The molecule has 37 heavy (non-hydrogen) atoms. The van der Waals surface area contributed by atoms with Crippen molar-refractivity contribution in [2.75, 3.05) is 6.61 Å². The zero-order chi connectivity index (χ0) is 27.0. The molecule has 3 aromatic rings. The molecule has 196 valence electrons. The molecule has 1 heterocycles. The van der Waals surface area contributed by atoms with Crippen molar-refractivity contribution in [3.8, 4) is 34.5 Å². The normalized spacial score (nSPS) is 13.9. The van der Waals surface area contributed by atoms with Crippen molar-refractivity contribution in [1.29, 1.82) is 0 Å². The van der Waals surface area contributed by atoms with E-state index in [1.165, 1.54) is 18.9 Å². The summed E-state index contributed by atoms with van der Waals surface area (Å²) in [6, 6.07) is 9.56. The molecule has 0 saturated heterocycles. The molecule has 1 aromatic heterocycles. The van der Waals surface area contributed by atoms with E-state index < -0.39 is 23.5 Å². The van der Waals surface area contributed by atoms with Gasteiger partial charge in [0, 0.05) is 17.7 Å². The highest BCUT2D eigenvalue weighted by molar-refractivity contribution is 6.33. The first-order valence-electron chi connectivity index (χ1n) is 11.7. The monoisotopic (exact) mass is 534 g/mol. The SMILES string of the molecule is Cc1cc(-c2nc(O)nc(-c3cc(CNC(=O)C(C)(C)C(F)(F)F)ccc3Cl)n2)ccc1OCC1CC1. The molecule has 1 amide bonds. The number of carbonyl (C=O) groups excluding carboxylic acids is 1. The number of hydrogen-bond acceptors (Lipinski definition) is 6. The predicted molar refractivity (Wildman–Crippen MR) is 132 cm³/mol. The Balaban J connectivity index is 1.57. The van der Waals surface area contributed by atoms with Crippen LogP contribution in [0.1, 0.15) is 37.8 Å². The van der Waals surface area contributed by atoms with Gasteiger partial charge in [-0.3, -0.25) is 4.79 Å². The van der Waals surface area contributed by atoms with Crippen LogP contribution in [0.2, 0.25) is 5.02 Å². The molecule has 2 N–H and O–H groups in total. The second-order valence-corrected chi connectivity index (χ2v) is 10.0. The van der Waals surface area contributed by atoms with Crippen LogP contribution >= 0.6 is 11.6 Å². The van der Waals surface area contributed by atoms with E-state index in [0.29, 0.717) is 29.2 Å². The minimum absolute atomic E-state index is 0.0722. The Bertz CT molecular complexity index is 1330. The molecule has 7 nitrogen and oxygen atoms in total. The number of aromatic hydroxyl groups is 1. The van der Waals surface area contributed by atoms with Gasteiger partial charge in [0.05, 0.1) is 11.6 Å². The van der Waals surface area contributed by atoms with Crippen LogP contribution in [0.25, 0.3) is 22.8 Å². The lowest BCUT2D eigenvalue weighted by atomic mass is 9.91. The fraction of sp³-hybridized carbons (Fsp3) is 0.385. The summed E-state index contributed by atoms with van der Waals surface area (Å²) in [4.78, 5) is 24.6. The number of alkyl halides is 3. The van der Waals surface area contributed by atoms with Gasteiger partial charge in [-0.05, 0) is 81.0 Å². The number of halogens is 4. The van der Waals surface area contributed by atoms with Crippen molar-refractivity contribution in [1.82, 2.24) is 20.3 Å². The number of hydrogen-bond donors (Lipinski definition) is 2. The van der Waals surface area contributed by atoms with Crippen LogP contribution in [0, 0.1) is 18.3 Å². The molecule has 1 saturated carbocycles. The number of carbonyl (C=O) groups is 1. The molecule has 1 aliphatic carbocycles. The topological polar surface area (TPSA) is 97.2 Å². The summed E-state index contributed by atoms with van der Waals surface area (Å²) in [6.45, 7) is 4.05. The average Bonchev–Trinajstić information content (AvgIpc) is 3.66. The minimum Gasteiger partial charge on any atom is -0.493 e. The highest BCUT2D eigenvalue weighted by Crippen LogP contribution is 2.38. The number of aryl methyl sites for hydroxylation is 1. The number of benzene rings is 2. The standard InChI is InChI=1S/C26H26ClF3N4O3/c1-14-10-17(7-9-20(14)37-13-15-4-5-15)21-32-22(34-24(36)33-21)18-11-16(6-8-19(18)27)12-31-23(35)25(2,3)26(28,29)30/h6-11,15H,4-5,12-13H2,1-3H3,(H,31,35)(H,32,33,34,36). The second kappa shape index (κ2) is 10.2. The summed E-state index contributed by atoms with van der Waals surface area (Å²) in [7, 11) is 0. The first kappa shape index (κ1) is 26.7. The summed E-state index contributed by atoms with van der Waals surface area (Å²) in [5.41, 5.74) is -0.238. The van der Waals surface area contributed by atoms with Crippen molar-refractivity contribution in [3.05, 3.63) is 52.5 Å². The largest absolute Gasteiger partial charge is 0.493 e. The fourth-order valence-electron chi connectivity index (χ4n) is 3.44. The Kier molecular flexibility index (Phi) is 7.32. The van der Waals surface area contributed by atoms with Gasteiger partial charge in [0.1, 0.15) is 11.2 Å². The van der Waals surface area contributed by atoms with Crippen LogP contribution in [0.4, 0.5) is 13.2 Å². The van der Waals surface area contributed by atoms with E-state index in [0.717, 1.165) is 25.2 Å². The third-order valence-electron chi connectivity index (χ3n) is 6.23. The summed E-state index contributed by atoms with van der Waals surface area (Å²) in [6.07, 6.45) is -2.32. The Morgan fingerprint density at radius 2 is 1.81 bits per heavy atom. The lowest BCUT2D eigenvalue weighted by molar-refractivity contribution is -0.211. The Morgan fingerprint density at radius 3 is 2.46 bits per heavy atom. The molecule has 0 bridgehead atoms. The number of rotatable bonds is 8. The van der Waals surface area contributed by atoms with Crippen LogP contribution in [0.5, 0.6) is 11.8 Å². The lowest BCUT2D eigenvalue weighted by Gasteiger charge is -2.26. The molecule has 1 fully saturated rings. The van der Waals surface area contributed by atoms with Crippen molar-refractivity contribution in [2.24, 2.45) is 11.3 Å². The lowest BCUT2D eigenvalue weighted by Crippen LogP contribution is -2.46. The summed E-state index contributed by atoms with van der Waals surface area (Å²) < 4.78 is 45.3. The van der Waals surface area contributed by atoms with Crippen LogP contribution in [-0.2, 0) is 11.3 Å². The van der Waals surface area contributed by atoms with Crippen LogP contribution < -0.4 is 10.1 Å². The van der Waals surface area contributed by atoms with Gasteiger partial charge < -0.3 is 15.2 Å². The maximum Gasteiger partial charge on any atom is 0.402 e. The van der Waals surface area contributed by atoms with Crippen molar-refractivity contribution >= 4 is 17.5 Å². The van der Waals surface area contributed by atoms with E-state index in [9.17, 15) is 23.1 Å². The summed E-state index contributed by atoms with van der Waals surface area (Å²) in [5, 5.41) is 12.8. The van der Waals surface area contributed by atoms with Crippen LogP contribution in [0.3, 0.4) is 0 Å². The molecule has 1 aliphatic rings. The molecule has 11 heteroatoms. The van der Waals surface area contributed by atoms with Gasteiger partial charge in [0.25, 0.3) is 0 Å². The van der Waals surface area contributed by atoms with E-state index in [1.807, 2.05) is 19.1 Å². The van der Waals surface area contributed by atoms with E-state index in [4.69, 9.17) is 16.3 Å². The van der Waals surface area contributed by atoms with Gasteiger partial charge in [-0.25, -0.2) is 4.98 Å². The first-order chi connectivity index (χ1) is 17.3. The Morgan fingerprint density at radius 1 is 1.11 bits per heavy atom. The van der Waals surface area contributed by atoms with Gasteiger partial charge in [-0.2, -0.15) is 23.1 Å². The zero-order valence-corrected chi connectivity index (χ0v) is 21.2. The molecule has 0 spiro atoms. The molecular formula is C26H26ClF3N4O3. The van der Waals surface area contributed by atoms with E-state index in [1.54, 1.807) is 18.2 Å². The quantitative estimate of drug-likeness (QED) is 0.375. The number of aromatic nitrogens is 3. The molecule has 0 unspecified atom stereocenters.